The van der Waals surface area contributed by atoms with E-state index in [1.807, 2.05) is 24.3 Å². The number of hydrogen-bond acceptors (Lipinski definition) is 4. The quantitative estimate of drug-likeness (QED) is 0.888. The maximum atomic E-state index is 12.3. The lowest BCUT2D eigenvalue weighted by molar-refractivity contribution is -0.119. The van der Waals surface area contributed by atoms with Gasteiger partial charge in [-0.25, -0.2) is 0 Å². The van der Waals surface area contributed by atoms with Gasteiger partial charge in [0.05, 0.1) is 18.9 Å². The number of benzene rings is 1. The second-order valence-corrected chi connectivity index (χ2v) is 5.86. The number of rotatable bonds is 4. The summed E-state index contributed by atoms with van der Waals surface area (Å²) >= 11 is 0. The Morgan fingerprint density at radius 2 is 2.14 bits per heavy atom. The summed E-state index contributed by atoms with van der Waals surface area (Å²) < 4.78 is 11.2. The second-order valence-electron chi connectivity index (χ2n) is 5.86. The summed E-state index contributed by atoms with van der Waals surface area (Å²) in [6.45, 7) is 1.35. The molecule has 0 bridgehead atoms. The summed E-state index contributed by atoms with van der Waals surface area (Å²) in [6.07, 6.45) is 3.52. The van der Waals surface area contributed by atoms with Gasteiger partial charge in [-0.3, -0.25) is 4.79 Å². The Balaban J connectivity index is 1.65. The van der Waals surface area contributed by atoms with Crippen molar-refractivity contribution in [1.82, 2.24) is 0 Å². The van der Waals surface area contributed by atoms with Crippen LogP contribution in [0.3, 0.4) is 0 Å². The van der Waals surface area contributed by atoms with Crippen LogP contribution in [-0.4, -0.2) is 31.3 Å². The van der Waals surface area contributed by atoms with Crippen LogP contribution < -0.4 is 15.8 Å². The fourth-order valence-electron chi connectivity index (χ4n) is 2.95. The minimum absolute atomic E-state index is 0.0165. The van der Waals surface area contributed by atoms with Gasteiger partial charge in [-0.15, -0.1) is 0 Å². The summed E-state index contributed by atoms with van der Waals surface area (Å²) in [5.41, 5.74) is 6.61. The first-order valence-electron chi connectivity index (χ1n) is 7.62. The number of para-hydroxylation sites is 2. The molecule has 1 aromatic carbocycles. The standard InChI is InChI=1S/C16H22N2O3/c17-12-6-5-11(9-12)16(19)18-14-3-1-2-4-15(14)21-13-7-8-20-10-13/h1-4,11-13H,5-10,17H2,(H,18,19). The summed E-state index contributed by atoms with van der Waals surface area (Å²) in [6, 6.07) is 7.72. The van der Waals surface area contributed by atoms with E-state index in [0.717, 1.165) is 38.0 Å². The zero-order valence-electron chi connectivity index (χ0n) is 12.1. The number of carbonyl (C=O) groups is 1. The van der Waals surface area contributed by atoms with Gasteiger partial charge in [0, 0.05) is 18.4 Å². The molecule has 1 aliphatic carbocycles. The van der Waals surface area contributed by atoms with Gasteiger partial charge in [-0.05, 0) is 31.4 Å². The van der Waals surface area contributed by atoms with Gasteiger partial charge >= 0.3 is 0 Å². The van der Waals surface area contributed by atoms with Gasteiger partial charge in [-0.1, -0.05) is 12.1 Å². The van der Waals surface area contributed by atoms with Gasteiger partial charge in [0.1, 0.15) is 11.9 Å². The smallest absolute Gasteiger partial charge is 0.227 e. The van der Waals surface area contributed by atoms with Crippen molar-refractivity contribution < 1.29 is 14.3 Å². The molecule has 3 unspecified atom stereocenters. The van der Waals surface area contributed by atoms with E-state index in [1.54, 1.807) is 0 Å². The van der Waals surface area contributed by atoms with E-state index in [2.05, 4.69) is 5.32 Å². The molecule has 0 aromatic heterocycles. The van der Waals surface area contributed by atoms with E-state index in [0.29, 0.717) is 12.4 Å². The molecule has 1 amide bonds. The summed E-state index contributed by atoms with van der Waals surface area (Å²) in [5.74, 6) is 0.771. The molecule has 5 heteroatoms. The van der Waals surface area contributed by atoms with E-state index in [-0.39, 0.29) is 24.0 Å². The summed E-state index contributed by atoms with van der Waals surface area (Å²) in [5, 5.41) is 2.99. The van der Waals surface area contributed by atoms with Gasteiger partial charge < -0.3 is 20.5 Å². The Morgan fingerprint density at radius 1 is 1.29 bits per heavy atom. The predicted molar refractivity (Wildman–Crippen MR) is 80.2 cm³/mol. The maximum absolute atomic E-state index is 12.3. The molecule has 1 aromatic rings. The molecular formula is C16H22N2O3. The number of nitrogens with one attached hydrogen (secondary N) is 1. The second kappa shape index (κ2) is 6.45. The lowest BCUT2D eigenvalue weighted by Gasteiger charge is -2.17. The third-order valence-electron chi connectivity index (χ3n) is 4.17. The van der Waals surface area contributed by atoms with Crippen LogP contribution in [0, 0.1) is 5.92 Å². The van der Waals surface area contributed by atoms with E-state index < -0.39 is 0 Å². The molecule has 1 saturated carbocycles. The molecule has 3 atom stereocenters. The van der Waals surface area contributed by atoms with Crippen LogP contribution in [-0.2, 0) is 9.53 Å². The Bertz CT molecular complexity index is 500. The van der Waals surface area contributed by atoms with Gasteiger partial charge in [0.15, 0.2) is 0 Å². The molecule has 0 spiro atoms. The van der Waals surface area contributed by atoms with Crippen molar-refractivity contribution in [2.45, 2.75) is 37.8 Å². The van der Waals surface area contributed by atoms with Crippen molar-refractivity contribution in [3.05, 3.63) is 24.3 Å². The third-order valence-corrected chi connectivity index (χ3v) is 4.17. The molecule has 3 rings (SSSR count). The summed E-state index contributed by atoms with van der Waals surface area (Å²) in [4.78, 5) is 12.3. The highest BCUT2D eigenvalue weighted by atomic mass is 16.5. The Hall–Kier alpha value is -1.59. The minimum Gasteiger partial charge on any atom is -0.486 e. The summed E-state index contributed by atoms with van der Waals surface area (Å²) in [7, 11) is 0. The average molecular weight is 290 g/mol. The van der Waals surface area contributed by atoms with E-state index in [4.69, 9.17) is 15.2 Å². The molecule has 114 valence electrons. The van der Waals surface area contributed by atoms with Crippen LogP contribution in [0.25, 0.3) is 0 Å². The van der Waals surface area contributed by atoms with Crippen molar-refractivity contribution in [1.29, 1.82) is 0 Å². The largest absolute Gasteiger partial charge is 0.486 e. The first-order valence-corrected chi connectivity index (χ1v) is 7.62. The predicted octanol–water partition coefficient (Wildman–Crippen LogP) is 1.92. The average Bonchev–Trinajstić information content (AvgIpc) is 3.12. The number of nitrogens with two attached hydrogens (primary N) is 1. The van der Waals surface area contributed by atoms with Crippen LogP contribution in [0.5, 0.6) is 5.75 Å². The highest BCUT2D eigenvalue weighted by Gasteiger charge is 2.28. The molecule has 1 saturated heterocycles. The van der Waals surface area contributed by atoms with Crippen molar-refractivity contribution in [3.63, 3.8) is 0 Å². The number of hydrogen-bond donors (Lipinski definition) is 2. The van der Waals surface area contributed by atoms with E-state index >= 15 is 0 Å². The molecule has 3 N–H and O–H groups in total. The highest BCUT2D eigenvalue weighted by Crippen LogP contribution is 2.30. The number of anilines is 1. The van der Waals surface area contributed by atoms with E-state index in [9.17, 15) is 4.79 Å². The van der Waals surface area contributed by atoms with Crippen molar-refractivity contribution in [2.24, 2.45) is 11.7 Å². The first kappa shape index (κ1) is 14.4. The van der Waals surface area contributed by atoms with Crippen LogP contribution in [0.4, 0.5) is 5.69 Å². The van der Waals surface area contributed by atoms with Crippen LogP contribution in [0.15, 0.2) is 24.3 Å². The molecule has 0 radical (unpaired) electrons. The zero-order valence-corrected chi connectivity index (χ0v) is 12.1. The molecule has 5 nitrogen and oxygen atoms in total. The Labute approximate surface area is 124 Å². The van der Waals surface area contributed by atoms with Crippen LogP contribution in [0.1, 0.15) is 25.7 Å². The van der Waals surface area contributed by atoms with Crippen molar-refractivity contribution >= 4 is 11.6 Å². The van der Waals surface area contributed by atoms with E-state index in [1.165, 1.54) is 0 Å². The molecule has 1 heterocycles. The van der Waals surface area contributed by atoms with Gasteiger partial charge in [-0.2, -0.15) is 0 Å². The molecule has 2 fully saturated rings. The van der Waals surface area contributed by atoms with Gasteiger partial charge in [0.25, 0.3) is 0 Å². The van der Waals surface area contributed by atoms with Crippen molar-refractivity contribution in [2.75, 3.05) is 18.5 Å². The normalized spacial score (nSPS) is 28.5. The topological polar surface area (TPSA) is 73.6 Å². The molecule has 21 heavy (non-hydrogen) atoms. The maximum Gasteiger partial charge on any atom is 0.227 e. The third kappa shape index (κ3) is 3.54. The Morgan fingerprint density at radius 3 is 2.86 bits per heavy atom. The first-order chi connectivity index (χ1) is 10.2. The molecular weight excluding hydrogens is 268 g/mol. The lowest BCUT2D eigenvalue weighted by Crippen LogP contribution is -2.24. The fourth-order valence-corrected chi connectivity index (χ4v) is 2.95. The highest BCUT2D eigenvalue weighted by molar-refractivity contribution is 5.94. The number of ether oxygens (including phenoxy) is 2. The lowest BCUT2D eigenvalue weighted by atomic mass is 10.1. The van der Waals surface area contributed by atoms with Crippen LogP contribution in [0.2, 0.25) is 0 Å². The van der Waals surface area contributed by atoms with Gasteiger partial charge in [0.2, 0.25) is 5.91 Å². The number of carbonyl (C=O) groups excluding carboxylic acids is 1. The van der Waals surface area contributed by atoms with Crippen LogP contribution >= 0.6 is 0 Å². The Kier molecular flexibility index (Phi) is 4.41. The zero-order chi connectivity index (χ0) is 14.7. The minimum atomic E-state index is 0.0165. The monoisotopic (exact) mass is 290 g/mol. The molecule has 2 aliphatic rings. The fraction of sp³-hybridized carbons (Fsp3) is 0.562. The molecule has 1 aliphatic heterocycles. The number of amides is 1. The SMILES string of the molecule is NC1CCC(C(=O)Nc2ccccc2OC2CCOC2)C1. The van der Waals surface area contributed by atoms with Crippen molar-refractivity contribution in [3.8, 4) is 5.75 Å².